The summed E-state index contributed by atoms with van der Waals surface area (Å²) in [5.41, 5.74) is 5.42. The number of piperidine rings is 2. The quantitative estimate of drug-likeness (QED) is 0.0616. The van der Waals surface area contributed by atoms with Gasteiger partial charge in [-0.25, -0.2) is 18.4 Å². The number of hydrogen-bond donors (Lipinski definition) is 3. The number of nitrogens with one attached hydrogen (secondary N) is 3. The number of unbranched alkanes of at least 4 members (excludes halogenated alkanes) is 7. The number of aryl methyl sites for hydroxylation is 2. The second-order valence-electron chi connectivity index (χ2n) is 18.4. The Morgan fingerprint density at radius 3 is 2.32 bits per heavy atom. The molecule has 2 saturated heterocycles. The van der Waals surface area contributed by atoms with Gasteiger partial charge in [0.05, 0.1) is 16.9 Å². The topological polar surface area (TPSA) is 180 Å². The van der Waals surface area contributed by atoms with Crippen molar-refractivity contribution in [2.75, 3.05) is 31.6 Å². The Kier molecular flexibility index (Phi) is 14.3. The van der Waals surface area contributed by atoms with Crippen molar-refractivity contribution in [3.8, 4) is 5.75 Å². The van der Waals surface area contributed by atoms with Crippen molar-refractivity contribution >= 4 is 50.1 Å². The molecule has 0 bridgehead atoms. The number of amides is 3. The van der Waals surface area contributed by atoms with E-state index in [-0.39, 0.29) is 29.0 Å². The summed E-state index contributed by atoms with van der Waals surface area (Å²) in [5.74, 6) is 1.23. The van der Waals surface area contributed by atoms with Gasteiger partial charge in [-0.3, -0.25) is 24.8 Å². The van der Waals surface area contributed by atoms with Crippen LogP contribution in [0.2, 0.25) is 0 Å². The van der Waals surface area contributed by atoms with Crippen LogP contribution in [0.25, 0.3) is 10.9 Å². The summed E-state index contributed by atoms with van der Waals surface area (Å²) in [6.07, 6.45) is 15.8. The summed E-state index contributed by atoms with van der Waals surface area (Å²) in [6, 6.07) is 8.72. The van der Waals surface area contributed by atoms with E-state index in [9.17, 15) is 22.8 Å². The summed E-state index contributed by atoms with van der Waals surface area (Å²) in [7, 11) is -3.76. The maximum Gasteiger partial charge on any atom is 0.255 e. The molecule has 4 aromatic rings. The van der Waals surface area contributed by atoms with Crippen LogP contribution in [0.4, 0.5) is 11.6 Å². The van der Waals surface area contributed by atoms with Crippen LogP contribution >= 0.6 is 0 Å². The number of hydrogen-bond acceptors (Lipinski definition) is 11. The second kappa shape index (κ2) is 19.7. The average molecular weight is 869 g/mol. The Labute approximate surface area is 366 Å². The molecule has 0 spiro atoms. The molecule has 62 heavy (non-hydrogen) atoms. The first-order chi connectivity index (χ1) is 29.7. The number of sulfone groups is 1. The van der Waals surface area contributed by atoms with Crippen molar-refractivity contribution < 1.29 is 27.5 Å². The highest BCUT2D eigenvalue weighted by atomic mass is 32.2. The lowest BCUT2D eigenvalue weighted by Crippen LogP contribution is -2.52. The lowest BCUT2D eigenvalue weighted by molar-refractivity contribution is -0.136. The minimum absolute atomic E-state index is 0.107. The van der Waals surface area contributed by atoms with Crippen molar-refractivity contribution in [1.82, 2.24) is 35.3 Å². The van der Waals surface area contributed by atoms with Crippen LogP contribution in [0.1, 0.15) is 137 Å². The number of likely N-dealkylation sites (tertiary alicyclic amines) is 1. The third-order valence-corrected chi connectivity index (χ3v) is 15.6. The number of carbonyl (C=O) groups is 3. The van der Waals surface area contributed by atoms with Gasteiger partial charge in [-0.2, -0.15) is 5.10 Å². The number of anilines is 2. The Morgan fingerprint density at radius 1 is 0.903 bits per heavy atom. The largest absolute Gasteiger partial charge is 0.492 e. The van der Waals surface area contributed by atoms with Crippen molar-refractivity contribution in [1.29, 1.82) is 0 Å². The third-order valence-electron chi connectivity index (χ3n) is 13.1. The maximum atomic E-state index is 13.9. The average Bonchev–Trinajstić information content (AvgIpc) is 3.75. The van der Waals surface area contributed by atoms with Gasteiger partial charge in [-0.15, -0.1) is 0 Å². The van der Waals surface area contributed by atoms with Gasteiger partial charge in [-0.05, 0) is 128 Å². The lowest BCUT2D eigenvalue weighted by Gasteiger charge is -2.32. The fourth-order valence-corrected chi connectivity index (χ4v) is 10.3. The molecule has 2 fully saturated rings. The first kappa shape index (κ1) is 45.1. The molecule has 2 aromatic carbocycles. The van der Waals surface area contributed by atoms with Crippen LogP contribution in [0.3, 0.4) is 0 Å². The number of rotatable bonds is 19. The van der Waals surface area contributed by atoms with Crippen LogP contribution in [-0.2, 0) is 32.4 Å². The molecule has 3 aliphatic rings. The smallest absolute Gasteiger partial charge is 0.255 e. The lowest BCUT2D eigenvalue weighted by atomic mass is 9.94. The number of imide groups is 1. The predicted molar refractivity (Wildman–Crippen MR) is 240 cm³/mol. The molecule has 0 aliphatic carbocycles. The highest BCUT2D eigenvalue weighted by Gasteiger charge is 2.40. The van der Waals surface area contributed by atoms with E-state index in [1.165, 1.54) is 50.4 Å². The van der Waals surface area contributed by atoms with Gasteiger partial charge in [-0.1, -0.05) is 50.7 Å². The van der Waals surface area contributed by atoms with E-state index >= 15 is 0 Å². The summed E-state index contributed by atoms with van der Waals surface area (Å²) in [4.78, 5) is 50.5. The summed E-state index contributed by atoms with van der Waals surface area (Å²) >= 11 is 0. The van der Waals surface area contributed by atoms with Crippen LogP contribution in [0, 0.1) is 19.8 Å². The van der Waals surface area contributed by atoms with Crippen molar-refractivity contribution in [3.05, 3.63) is 64.6 Å². The molecule has 0 radical (unpaired) electrons. The number of carbonyl (C=O) groups excluding carboxylic acids is 3. The molecule has 1 atom stereocenters. The van der Waals surface area contributed by atoms with Gasteiger partial charge in [0, 0.05) is 41.2 Å². The van der Waals surface area contributed by atoms with Gasteiger partial charge < -0.3 is 19.9 Å². The Balaban J connectivity index is 0.786. The molecule has 3 amide bonds. The molecule has 3 aliphatic heterocycles. The molecule has 0 unspecified atom stereocenters. The fourth-order valence-electron chi connectivity index (χ4n) is 8.97. The van der Waals surface area contributed by atoms with Crippen LogP contribution in [-0.4, -0.2) is 93.1 Å². The van der Waals surface area contributed by atoms with Gasteiger partial charge in [0.2, 0.25) is 11.8 Å². The molecule has 14 nitrogen and oxygen atoms in total. The minimum atomic E-state index is -3.76. The van der Waals surface area contributed by atoms with E-state index in [0.29, 0.717) is 59.3 Å². The number of H-pyrrole nitrogens is 1. The molecule has 3 N–H and O–H groups in total. The molecule has 334 valence electrons. The van der Waals surface area contributed by atoms with Crippen LogP contribution in [0.5, 0.6) is 5.75 Å². The van der Waals surface area contributed by atoms with Crippen molar-refractivity contribution in [2.45, 2.75) is 147 Å². The summed E-state index contributed by atoms with van der Waals surface area (Å²) in [6.45, 7) is 13.2. The number of benzene rings is 2. The monoisotopic (exact) mass is 868 g/mol. The molecule has 2 aromatic heterocycles. The number of nitrogens with zero attached hydrogens (tertiary/aromatic N) is 5. The standard InChI is InChI=1S/C47H64N8O6S/c1-31-32(2)52-53-43(31)51-44-36-27-41(62(59,60)47(3,4)5)40(28-38(36)48-30-49-44)61-26-22-33-20-24-54(25-21-33)23-13-11-9-7-6-8-10-12-15-34-16-14-17-35-37(34)29-55(46(35)58)39-18-19-42(56)50-45(39)57/h14,16-17,27-28,30,33,39H,6-13,15,18-26,29H2,1-5H3,(H,50,56,57)(H2,48,49,51,52,53)/t39-/m0/s1. The highest BCUT2D eigenvalue weighted by molar-refractivity contribution is 7.92. The molecule has 5 heterocycles. The van der Waals surface area contributed by atoms with Gasteiger partial charge >= 0.3 is 0 Å². The number of aromatic nitrogens is 4. The van der Waals surface area contributed by atoms with Crippen LogP contribution in [0.15, 0.2) is 41.6 Å². The van der Waals surface area contributed by atoms with E-state index in [4.69, 9.17) is 4.74 Å². The first-order valence-electron chi connectivity index (χ1n) is 22.6. The summed E-state index contributed by atoms with van der Waals surface area (Å²) < 4.78 is 33.1. The van der Waals surface area contributed by atoms with E-state index in [2.05, 4.69) is 41.8 Å². The zero-order valence-electron chi connectivity index (χ0n) is 37.1. The fraction of sp³-hybridized carbons (Fsp3) is 0.574. The van der Waals surface area contributed by atoms with Crippen LogP contribution < -0.4 is 15.4 Å². The SMILES string of the molecule is Cc1[nH]nc(Nc2ncnc3cc(OCCC4CCN(CCCCCCCCCCc5cccc6c5CN([C@H]5CCC(=O)NC5=O)C6=O)CC4)c(S(=O)(=O)C(C)(C)C)cc23)c1C. The minimum Gasteiger partial charge on any atom is -0.492 e. The van der Waals surface area contributed by atoms with E-state index in [1.54, 1.807) is 37.8 Å². The third kappa shape index (κ3) is 10.3. The molecular weight excluding hydrogens is 805 g/mol. The van der Waals surface area contributed by atoms with Crippen molar-refractivity contribution in [3.63, 3.8) is 0 Å². The molecule has 15 heteroatoms. The maximum absolute atomic E-state index is 13.9. The van der Waals surface area contributed by atoms with E-state index in [1.807, 2.05) is 26.0 Å². The molecule has 7 rings (SSSR count). The van der Waals surface area contributed by atoms with E-state index in [0.717, 1.165) is 75.0 Å². The number of aromatic amines is 1. The van der Waals surface area contributed by atoms with Gasteiger partial charge in [0.15, 0.2) is 15.7 Å². The Bertz CT molecular complexity index is 2370. The Morgan fingerprint density at radius 2 is 1.63 bits per heavy atom. The molecular formula is C47H64N8O6S. The molecule has 0 saturated carbocycles. The zero-order chi connectivity index (χ0) is 44.0. The Hall–Kier alpha value is -4.89. The predicted octanol–water partition coefficient (Wildman–Crippen LogP) is 7.89. The van der Waals surface area contributed by atoms with E-state index < -0.39 is 20.6 Å². The number of fused-ring (bicyclic) bond motifs is 2. The second-order valence-corrected chi connectivity index (χ2v) is 21.1. The van der Waals surface area contributed by atoms with Gasteiger partial charge in [0.25, 0.3) is 5.91 Å². The summed E-state index contributed by atoms with van der Waals surface area (Å²) in [5, 5.41) is 13.5. The van der Waals surface area contributed by atoms with Gasteiger partial charge in [0.1, 0.15) is 28.8 Å². The number of ether oxygens (including phenoxy) is 1. The normalized spacial score (nSPS) is 17.8. The highest BCUT2D eigenvalue weighted by Crippen LogP contribution is 2.38. The van der Waals surface area contributed by atoms with Crippen molar-refractivity contribution in [2.24, 2.45) is 5.92 Å². The first-order valence-corrected chi connectivity index (χ1v) is 24.1. The zero-order valence-corrected chi connectivity index (χ0v) is 38.0.